The summed E-state index contributed by atoms with van der Waals surface area (Å²) in [6.07, 6.45) is 0.633. The Hall–Kier alpha value is -1.24. The van der Waals surface area contributed by atoms with Crippen LogP contribution < -0.4 is 5.32 Å². The highest BCUT2D eigenvalue weighted by Crippen LogP contribution is 2.29. The van der Waals surface area contributed by atoms with Crippen molar-refractivity contribution >= 4 is 42.5 Å². The van der Waals surface area contributed by atoms with Crippen LogP contribution in [0.4, 0.5) is 0 Å². The Morgan fingerprint density at radius 2 is 1.50 bits per heavy atom. The normalized spacial score (nSPS) is 19.6. The van der Waals surface area contributed by atoms with Crippen molar-refractivity contribution in [3.63, 3.8) is 0 Å². The van der Waals surface area contributed by atoms with Crippen molar-refractivity contribution in [2.24, 2.45) is 0 Å². The molecule has 2 fully saturated rings. The molecule has 2 aromatic carbocycles. The Morgan fingerprint density at radius 1 is 0.933 bits per heavy atom. The molecule has 2 saturated heterocycles. The maximum atomic E-state index is 12.7. The van der Waals surface area contributed by atoms with Gasteiger partial charge in [0.25, 0.3) is 0 Å². The summed E-state index contributed by atoms with van der Waals surface area (Å²) in [6, 6.07) is 22.0. The van der Waals surface area contributed by atoms with Gasteiger partial charge in [-0.3, -0.25) is 9.69 Å². The lowest BCUT2D eigenvalue weighted by atomic mass is 9.96. The molecule has 4 nitrogen and oxygen atoms in total. The fourth-order valence-corrected chi connectivity index (χ4v) is 5.15. The first-order chi connectivity index (χ1) is 13.8. The molecule has 2 aliphatic heterocycles. The second-order valence-corrected chi connectivity index (χ2v) is 8.72. The number of nitrogens with zero attached hydrogens (tertiary/aromatic N) is 2. The number of thioether (sulfide) groups is 1. The quantitative estimate of drug-likeness (QED) is 0.723. The standard InChI is InChI=1S/C23H29N3OS.2ClH/c27-22(17-21-18-28-16-11-24-21)25-12-14-26(15-13-25)23(19-7-3-1-4-8-19)20-9-5-2-6-10-20;;/h1-10,21,23-24H,11-18H2;2*1H. The van der Waals surface area contributed by atoms with Crippen LogP contribution in [0.2, 0.25) is 0 Å². The molecule has 2 aliphatic rings. The van der Waals surface area contributed by atoms with Crippen LogP contribution in [0.15, 0.2) is 60.7 Å². The molecule has 1 unspecified atom stereocenters. The first-order valence-corrected chi connectivity index (χ1v) is 11.4. The van der Waals surface area contributed by atoms with E-state index < -0.39 is 0 Å². The van der Waals surface area contributed by atoms with Crippen molar-refractivity contribution in [3.05, 3.63) is 71.8 Å². The summed E-state index contributed by atoms with van der Waals surface area (Å²) in [7, 11) is 0. The van der Waals surface area contributed by atoms with E-state index in [1.165, 1.54) is 11.1 Å². The highest BCUT2D eigenvalue weighted by Gasteiger charge is 2.29. The number of carbonyl (C=O) groups excluding carboxylic acids is 1. The molecule has 2 aromatic rings. The van der Waals surface area contributed by atoms with E-state index in [2.05, 4.69) is 75.8 Å². The molecule has 0 aromatic heterocycles. The minimum Gasteiger partial charge on any atom is -0.340 e. The molecule has 0 bridgehead atoms. The third kappa shape index (κ3) is 6.38. The van der Waals surface area contributed by atoms with E-state index in [0.717, 1.165) is 44.2 Å². The molecular formula is C23H31Cl2N3OS. The Bertz CT molecular complexity index is 712. The van der Waals surface area contributed by atoms with E-state index in [0.29, 0.717) is 18.4 Å². The summed E-state index contributed by atoms with van der Waals surface area (Å²) in [5.41, 5.74) is 2.63. The summed E-state index contributed by atoms with van der Waals surface area (Å²) in [5, 5.41) is 3.48. The van der Waals surface area contributed by atoms with E-state index in [4.69, 9.17) is 0 Å². The van der Waals surface area contributed by atoms with Crippen LogP contribution >= 0.6 is 36.6 Å². The van der Waals surface area contributed by atoms with Crippen LogP contribution in [0, 0.1) is 0 Å². The number of nitrogens with one attached hydrogen (secondary N) is 1. The first kappa shape index (κ1) is 25.0. The van der Waals surface area contributed by atoms with Crippen molar-refractivity contribution in [1.29, 1.82) is 0 Å². The Labute approximate surface area is 196 Å². The number of benzene rings is 2. The van der Waals surface area contributed by atoms with Gasteiger partial charge in [-0.1, -0.05) is 60.7 Å². The van der Waals surface area contributed by atoms with Crippen molar-refractivity contribution in [2.45, 2.75) is 18.5 Å². The number of rotatable bonds is 5. The molecule has 1 atom stereocenters. The van der Waals surface area contributed by atoms with Gasteiger partial charge < -0.3 is 10.2 Å². The number of hydrogen-bond donors (Lipinski definition) is 1. The predicted molar refractivity (Wildman–Crippen MR) is 131 cm³/mol. The summed E-state index contributed by atoms with van der Waals surface area (Å²) in [5.74, 6) is 2.51. The average molecular weight is 468 g/mol. The first-order valence-electron chi connectivity index (χ1n) is 10.2. The van der Waals surface area contributed by atoms with Crippen molar-refractivity contribution < 1.29 is 4.79 Å². The van der Waals surface area contributed by atoms with Gasteiger partial charge in [0.15, 0.2) is 0 Å². The summed E-state index contributed by atoms with van der Waals surface area (Å²) in [6.45, 7) is 4.47. The molecule has 7 heteroatoms. The van der Waals surface area contributed by atoms with Crippen LogP contribution in [0.3, 0.4) is 0 Å². The topological polar surface area (TPSA) is 35.6 Å². The fraction of sp³-hybridized carbons (Fsp3) is 0.435. The Morgan fingerprint density at radius 3 is 2.00 bits per heavy atom. The molecule has 2 heterocycles. The SMILES string of the molecule is Cl.Cl.O=C(CC1CSCCN1)N1CCN(C(c2ccccc2)c2ccccc2)CC1. The van der Waals surface area contributed by atoms with E-state index >= 15 is 0 Å². The van der Waals surface area contributed by atoms with Crippen LogP contribution in [-0.4, -0.2) is 66.0 Å². The highest BCUT2D eigenvalue weighted by atomic mass is 35.5. The van der Waals surface area contributed by atoms with Gasteiger partial charge in [-0.05, 0) is 11.1 Å². The predicted octanol–water partition coefficient (Wildman–Crippen LogP) is 3.86. The molecule has 1 amide bonds. The zero-order valence-electron chi connectivity index (χ0n) is 17.1. The molecule has 164 valence electrons. The zero-order valence-corrected chi connectivity index (χ0v) is 19.6. The fourth-order valence-electron chi connectivity index (χ4n) is 4.20. The van der Waals surface area contributed by atoms with Gasteiger partial charge in [0.1, 0.15) is 0 Å². The largest absolute Gasteiger partial charge is 0.340 e. The smallest absolute Gasteiger partial charge is 0.224 e. The summed E-state index contributed by atoms with van der Waals surface area (Å²) >= 11 is 1.95. The van der Waals surface area contributed by atoms with Gasteiger partial charge in [-0.25, -0.2) is 0 Å². The second kappa shape index (κ2) is 12.6. The summed E-state index contributed by atoms with van der Waals surface area (Å²) < 4.78 is 0. The van der Waals surface area contributed by atoms with Crippen LogP contribution in [0.1, 0.15) is 23.6 Å². The van der Waals surface area contributed by atoms with Crippen LogP contribution in [0.5, 0.6) is 0 Å². The van der Waals surface area contributed by atoms with E-state index in [1.807, 2.05) is 11.8 Å². The number of halogens is 2. The number of amides is 1. The van der Waals surface area contributed by atoms with Gasteiger partial charge in [-0.15, -0.1) is 24.8 Å². The van der Waals surface area contributed by atoms with Gasteiger partial charge in [0.05, 0.1) is 6.04 Å². The van der Waals surface area contributed by atoms with E-state index in [9.17, 15) is 4.79 Å². The third-order valence-electron chi connectivity index (χ3n) is 5.68. The Kier molecular flexibility index (Phi) is 10.5. The zero-order chi connectivity index (χ0) is 19.2. The monoisotopic (exact) mass is 467 g/mol. The Balaban J connectivity index is 0.00000160. The summed E-state index contributed by atoms with van der Waals surface area (Å²) in [4.78, 5) is 17.3. The molecule has 4 rings (SSSR count). The lowest BCUT2D eigenvalue weighted by Gasteiger charge is -2.40. The van der Waals surface area contributed by atoms with Crippen molar-refractivity contribution in [1.82, 2.24) is 15.1 Å². The van der Waals surface area contributed by atoms with Crippen LogP contribution in [-0.2, 0) is 4.79 Å². The lowest BCUT2D eigenvalue weighted by Crippen LogP contribution is -2.51. The average Bonchev–Trinajstić information content (AvgIpc) is 2.77. The van der Waals surface area contributed by atoms with Crippen molar-refractivity contribution in [2.75, 3.05) is 44.2 Å². The number of piperazine rings is 1. The number of carbonyl (C=O) groups is 1. The molecule has 0 radical (unpaired) electrons. The molecule has 0 saturated carbocycles. The minimum absolute atomic E-state index is 0. The minimum atomic E-state index is 0. The van der Waals surface area contributed by atoms with E-state index in [1.54, 1.807) is 0 Å². The maximum Gasteiger partial charge on any atom is 0.224 e. The van der Waals surface area contributed by atoms with Gasteiger partial charge >= 0.3 is 0 Å². The molecule has 1 N–H and O–H groups in total. The third-order valence-corrected chi connectivity index (χ3v) is 6.81. The molecular weight excluding hydrogens is 437 g/mol. The second-order valence-electron chi connectivity index (χ2n) is 7.57. The molecule has 0 aliphatic carbocycles. The highest BCUT2D eigenvalue weighted by molar-refractivity contribution is 7.99. The molecule has 0 spiro atoms. The molecule has 30 heavy (non-hydrogen) atoms. The maximum absolute atomic E-state index is 12.7. The lowest BCUT2D eigenvalue weighted by molar-refractivity contribution is -0.133. The van der Waals surface area contributed by atoms with Gasteiger partial charge in [-0.2, -0.15) is 11.8 Å². The number of hydrogen-bond acceptors (Lipinski definition) is 4. The van der Waals surface area contributed by atoms with Crippen LogP contribution in [0.25, 0.3) is 0 Å². The van der Waals surface area contributed by atoms with Gasteiger partial charge in [0, 0.05) is 56.7 Å². The van der Waals surface area contributed by atoms with E-state index in [-0.39, 0.29) is 30.9 Å². The van der Waals surface area contributed by atoms with Crippen molar-refractivity contribution in [3.8, 4) is 0 Å². The van der Waals surface area contributed by atoms with Gasteiger partial charge in [0.2, 0.25) is 5.91 Å².